The Kier molecular flexibility index (Phi) is 5.97. The molecule has 4 nitrogen and oxygen atoms in total. The summed E-state index contributed by atoms with van der Waals surface area (Å²) in [4.78, 5) is 11.4. The third kappa shape index (κ3) is 4.71. The lowest BCUT2D eigenvalue weighted by molar-refractivity contribution is -0.139. The molecule has 1 atom stereocenters. The molecule has 0 aliphatic rings. The van der Waals surface area contributed by atoms with Gasteiger partial charge in [-0.05, 0) is 43.2 Å². The molecule has 122 valence electrons. The molecule has 0 aliphatic heterocycles. The highest BCUT2D eigenvalue weighted by atomic mass is 19.1. The van der Waals surface area contributed by atoms with Crippen molar-refractivity contribution in [2.75, 3.05) is 13.2 Å². The van der Waals surface area contributed by atoms with Crippen molar-refractivity contribution < 1.29 is 23.8 Å². The van der Waals surface area contributed by atoms with Crippen molar-refractivity contribution in [3.63, 3.8) is 0 Å². The van der Waals surface area contributed by atoms with Crippen LogP contribution < -0.4 is 9.47 Å². The molecule has 23 heavy (non-hydrogen) atoms. The van der Waals surface area contributed by atoms with Crippen LogP contribution in [0.1, 0.15) is 24.8 Å². The lowest BCUT2D eigenvalue weighted by Gasteiger charge is -2.15. The smallest absolute Gasteiger partial charge is 0.311 e. The van der Waals surface area contributed by atoms with E-state index in [9.17, 15) is 14.3 Å². The van der Waals surface area contributed by atoms with Gasteiger partial charge in [0.2, 0.25) is 0 Å². The van der Waals surface area contributed by atoms with Crippen molar-refractivity contribution in [1.29, 1.82) is 0 Å². The van der Waals surface area contributed by atoms with Gasteiger partial charge in [0.1, 0.15) is 5.82 Å². The Morgan fingerprint density at radius 2 is 1.70 bits per heavy atom. The highest BCUT2D eigenvalue weighted by molar-refractivity contribution is 5.76. The molecule has 0 saturated heterocycles. The predicted octanol–water partition coefficient (Wildman–Crippen LogP) is 3.86. The van der Waals surface area contributed by atoms with E-state index in [2.05, 4.69) is 0 Å². The quantitative estimate of drug-likeness (QED) is 0.803. The molecule has 5 heteroatoms. The highest BCUT2D eigenvalue weighted by Gasteiger charge is 2.20. The van der Waals surface area contributed by atoms with E-state index in [1.807, 2.05) is 19.1 Å². The first kappa shape index (κ1) is 16.8. The third-order valence-electron chi connectivity index (χ3n) is 3.38. The Morgan fingerprint density at radius 1 is 1.09 bits per heavy atom. The summed E-state index contributed by atoms with van der Waals surface area (Å²) in [6, 6.07) is 12.7. The summed E-state index contributed by atoms with van der Waals surface area (Å²) in [5.41, 5.74) is 0.556. The first-order valence-electron chi connectivity index (χ1n) is 7.44. The van der Waals surface area contributed by atoms with Gasteiger partial charge in [0.05, 0.1) is 19.1 Å². The van der Waals surface area contributed by atoms with Crippen molar-refractivity contribution in [2.24, 2.45) is 0 Å². The zero-order valence-corrected chi connectivity index (χ0v) is 12.9. The van der Waals surface area contributed by atoms with E-state index in [-0.39, 0.29) is 18.8 Å². The van der Waals surface area contributed by atoms with Crippen LogP contribution in [-0.2, 0) is 4.79 Å². The van der Waals surface area contributed by atoms with Gasteiger partial charge in [0.25, 0.3) is 0 Å². The average Bonchev–Trinajstić information content (AvgIpc) is 2.54. The molecule has 0 aliphatic carbocycles. The van der Waals surface area contributed by atoms with Crippen LogP contribution in [0, 0.1) is 5.82 Å². The van der Waals surface area contributed by atoms with Crippen LogP contribution in [0.2, 0.25) is 0 Å². The van der Waals surface area contributed by atoms with E-state index in [0.717, 1.165) is 0 Å². The number of rotatable bonds is 8. The second-order valence-electron chi connectivity index (χ2n) is 4.96. The number of aliphatic carboxylic acids is 1. The van der Waals surface area contributed by atoms with Gasteiger partial charge in [-0.1, -0.05) is 24.3 Å². The number of carboxylic acids is 1. The van der Waals surface area contributed by atoms with Gasteiger partial charge in [-0.2, -0.15) is 0 Å². The second-order valence-corrected chi connectivity index (χ2v) is 4.96. The van der Waals surface area contributed by atoms with E-state index in [4.69, 9.17) is 9.47 Å². The summed E-state index contributed by atoms with van der Waals surface area (Å²) in [6.07, 6.45) is 0.279. The summed E-state index contributed by atoms with van der Waals surface area (Å²) < 4.78 is 24.1. The van der Waals surface area contributed by atoms with Gasteiger partial charge >= 0.3 is 5.97 Å². The van der Waals surface area contributed by atoms with E-state index >= 15 is 0 Å². The van der Waals surface area contributed by atoms with Crippen molar-refractivity contribution in [3.8, 4) is 11.5 Å². The number of hydrogen-bond donors (Lipinski definition) is 1. The van der Waals surface area contributed by atoms with Crippen molar-refractivity contribution in [3.05, 3.63) is 59.9 Å². The van der Waals surface area contributed by atoms with E-state index in [1.165, 1.54) is 24.3 Å². The Hall–Kier alpha value is -2.56. The first-order chi connectivity index (χ1) is 11.1. The Balaban J connectivity index is 2.00. The van der Waals surface area contributed by atoms with Crippen LogP contribution in [0.5, 0.6) is 11.5 Å². The van der Waals surface area contributed by atoms with Crippen molar-refractivity contribution in [2.45, 2.75) is 19.3 Å². The lowest BCUT2D eigenvalue weighted by atomic mass is 9.96. The fourth-order valence-corrected chi connectivity index (χ4v) is 2.26. The van der Waals surface area contributed by atoms with Crippen molar-refractivity contribution >= 4 is 5.97 Å². The highest BCUT2D eigenvalue weighted by Crippen LogP contribution is 2.27. The molecule has 1 N–H and O–H groups in total. The molecule has 0 fully saturated rings. The standard InChI is InChI=1S/C18H19FO4/c1-2-22-16-5-3-4-6-17(16)23-12-11-15(18(20)21)13-7-9-14(19)10-8-13/h3-10,15H,2,11-12H2,1H3,(H,20,21). The van der Waals surface area contributed by atoms with Gasteiger partial charge in [0, 0.05) is 0 Å². The topological polar surface area (TPSA) is 55.8 Å². The fraction of sp³-hybridized carbons (Fsp3) is 0.278. The molecular weight excluding hydrogens is 299 g/mol. The molecule has 0 heterocycles. The molecule has 0 amide bonds. The van der Waals surface area contributed by atoms with Gasteiger partial charge in [-0.25, -0.2) is 4.39 Å². The number of carbonyl (C=O) groups is 1. The number of benzene rings is 2. The minimum absolute atomic E-state index is 0.221. The summed E-state index contributed by atoms with van der Waals surface area (Å²) >= 11 is 0. The summed E-state index contributed by atoms with van der Waals surface area (Å²) in [5.74, 6) is -0.880. The van der Waals surface area contributed by atoms with Crippen LogP contribution in [0.3, 0.4) is 0 Å². The number of ether oxygens (including phenoxy) is 2. The summed E-state index contributed by atoms with van der Waals surface area (Å²) in [6.45, 7) is 2.62. The maximum absolute atomic E-state index is 13.0. The summed E-state index contributed by atoms with van der Waals surface area (Å²) in [5, 5.41) is 9.36. The maximum atomic E-state index is 13.0. The van der Waals surface area contributed by atoms with Gasteiger partial charge in [0.15, 0.2) is 11.5 Å². The molecule has 2 aromatic rings. The maximum Gasteiger partial charge on any atom is 0.311 e. The lowest BCUT2D eigenvalue weighted by Crippen LogP contribution is -2.15. The SMILES string of the molecule is CCOc1ccccc1OCCC(C(=O)O)c1ccc(F)cc1. The monoisotopic (exact) mass is 318 g/mol. The van der Waals surface area contributed by atoms with E-state index in [1.54, 1.807) is 12.1 Å². The molecule has 2 aromatic carbocycles. The minimum Gasteiger partial charge on any atom is -0.490 e. The van der Waals surface area contributed by atoms with Crippen LogP contribution in [-0.4, -0.2) is 24.3 Å². The molecule has 1 unspecified atom stereocenters. The summed E-state index contributed by atoms with van der Waals surface area (Å²) in [7, 11) is 0. The van der Waals surface area contributed by atoms with E-state index in [0.29, 0.717) is 23.7 Å². The Bertz CT molecular complexity index is 640. The number of halogens is 1. The van der Waals surface area contributed by atoms with E-state index < -0.39 is 11.9 Å². The molecule has 0 spiro atoms. The van der Waals surface area contributed by atoms with Gasteiger partial charge in [-0.3, -0.25) is 4.79 Å². The normalized spacial score (nSPS) is 11.7. The third-order valence-corrected chi connectivity index (χ3v) is 3.38. The average molecular weight is 318 g/mol. The fourth-order valence-electron chi connectivity index (χ4n) is 2.26. The predicted molar refractivity (Wildman–Crippen MR) is 84.5 cm³/mol. The number of hydrogen-bond acceptors (Lipinski definition) is 3. The van der Waals surface area contributed by atoms with Crippen LogP contribution in [0.4, 0.5) is 4.39 Å². The minimum atomic E-state index is -0.960. The van der Waals surface area contributed by atoms with Gasteiger partial charge < -0.3 is 14.6 Å². The first-order valence-corrected chi connectivity index (χ1v) is 7.44. The van der Waals surface area contributed by atoms with Crippen LogP contribution >= 0.6 is 0 Å². The number of para-hydroxylation sites is 2. The Labute approximate surface area is 134 Å². The van der Waals surface area contributed by atoms with Gasteiger partial charge in [-0.15, -0.1) is 0 Å². The number of carboxylic acid groups (broad SMARTS) is 1. The molecule has 2 rings (SSSR count). The van der Waals surface area contributed by atoms with Crippen molar-refractivity contribution in [1.82, 2.24) is 0 Å². The van der Waals surface area contributed by atoms with Crippen LogP contribution in [0.25, 0.3) is 0 Å². The molecule has 0 saturated carbocycles. The largest absolute Gasteiger partial charge is 0.490 e. The Morgan fingerprint density at radius 3 is 2.26 bits per heavy atom. The molecule has 0 radical (unpaired) electrons. The second kappa shape index (κ2) is 8.17. The molecule has 0 aromatic heterocycles. The zero-order chi connectivity index (χ0) is 16.7. The molecule has 0 bridgehead atoms. The van der Waals surface area contributed by atoms with Crippen LogP contribution in [0.15, 0.2) is 48.5 Å². The molecular formula is C18H19FO4. The zero-order valence-electron chi connectivity index (χ0n) is 12.9.